The molecule has 1 aliphatic rings. The number of nitrogens with two attached hydrogens (primary N) is 1. The Kier molecular flexibility index (Phi) is 5.26. The van der Waals surface area contributed by atoms with E-state index in [-0.39, 0.29) is 11.8 Å². The van der Waals surface area contributed by atoms with Crippen LogP contribution in [0.4, 0.5) is 0 Å². The fraction of sp³-hybridized carbons (Fsp3) is 0.643. The molecule has 3 atom stereocenters. The highest BCUT2D eigenvalue weighted by molar-refractivity contribution is 5.77. The lowest BCUT2D eigenvalue weighted by Gasteiger charge is -2.21. The standard InChI is InChI=1S/C14H24N2O/c1-4-10(2)11(3)8-12(14(15)17)9-13-6-5-7-16-13/h5,7,10,12-13,16H,3-4,6,8-9H2,1-2H3,(H2,15,17)/t10-,12-,13?/m0/s1. The molecule has 3 N–H and O–H groups in total. The van der Waals surface area contributed by atoms with Gasteiger partial charge in [-0.25, -0.2) is 0 Å². The molecule has 1 aliphatic heterocycles. The van der Waals surface area contributed by atoms with Crippen LogP contribution < -0.4 is 11.1 Å². The van der Waals surface area contributed by atoms with Gasteiger partial charge in [-0.3, -0.25) is 4.79 Å². The Balaban J connectivity index is 2.48. The SMILES string of the molecule is C=C(C[C@@H](CC1CC=CN1)C(N)=O)[C@@H](C)CC. The molecule has 0 saturated heterocycles. The molecule has 0 aliphatic carbocycles. The van der Waals surface area contributed by atoms with Crippen molar-refractivity contribution in [1.29, 1.82) is 0 Å². The fourth-order valence-electron chi connectivity index (χ4n) is 2.12. The number of allylic oxidation sites excluding steroid dienone is 1. The molecule has 0 aromatic carbocycles. The van der Waals surface area contributed by atoms with Crippen LogP contribution in [0, 0.1) is 11.8 Å². The molecule has 96 valence electrons. The molecule has 0 radical (unpaired) electrons. The molecular weight excluding hydrogens is 212 g/mol. The molecule has 3 nitrogen and oxygen atoms in total. The molecular formula is C14H24N2O. The molecule has 1 rings (SSSR count). The number of amides is 1. The molecule has 1 heterocycles. The highest BCUT2D eigenvalue weighted by Crippen LogP contribution is 2.24. The van der Waals surface area contributed by atoms with E-state index in [2.05, 4.69) is 31.8 Å². The summed E-state index contributed by atoms with van der Waals surface area (Å²) in [7, 11) is 0. The van der Waals surface area contributed by atoms with Gasteiger partial charge in [0.25, 0.3) is 0 Å². The molecule has 17 heavy (non-hydrogen) atoms. The lowest BCUT2D eigenvalue weighted by Crippen LogP contribution is -2.31. The summed E-state index contributed by atoms with van der Waals surface area (Å²) >= 11 is 0. The first-order valence-corrected chi connectivity index (χ1v) is 6.42. The van der Waals surface area contributed by atoms with Crippen molar-refractivity contribution in [2.45, 2.75) is 45.6 Å². The number of primary amides is 1. The van der Waals surface area contributed by atoms with Crippen LogP contribution in [0.25, 0.3) is 0 Å². The summed E-state index contributed by atoms with van der Waals surface area (Å²) in [6.07, 6.45) is 7.62. The van der Waals surface area contributed by atoms with E-state index < -0.39 is 0 Å². The Morgan fingerprint density at radius 2 is 2.35 bits per heavy atom. The van der Waals surface area contributed by atoms with Gasteiger partial charge in [-0.2, -0.15) is 0 Å². The highest BCUT2D eigenvalue weighted by Gasteiger charge is 2.23. The zero-order chi connectivity index (χ0) is 12.8. The fourth-order valence-corrected chi connectivity index (χ4v) is 2.12. The second-order valence-corrected chi connectivity index (χ2v) is 5.01. The van der Waals surface area contributed by atoms with Crippen molar-refractivity contribution in [3.63, 3.8) is 0 Å². The smallest absolute Gasteiger partial charge is 0.220 e. The van der Waals surface area contributed by atoms with Crippen LogP contribution in [-0.4, -0.2) is 11.9 Å². The van der Waals surface area contributed by atoms with Crippen LogP contribution in [0.15, 0.2) is 24.4 Å². The van der Waals surface area contributed by atoms with Crippen molar-refractivity contribution in [2.75, 3.05) is 0 Å². The third-order valence-corrected chi connectivity index (χ3v) is 3.66. The summed E-state index contributed by atoms with van der Waals surface area (Å²) in [4.78, 5) is 11.5. The predicted molar refractivity (Wildman–Crippen MR) is 71.2 cm³/mol. The van der Waals surface area contributed by atoms with E-state index in [0.29, 0.717) is 12.0 Å². The zero-order valence-electron chi connectivity index (χ0n) is 10.9. The third-order valence-electron chi connectivity index (χ3n) is 3.66. The minimum atomic E-state index is -0.205. The first-order valence-electron chi connectivity index (χ1n) is 6.42. The van der Waals surface area contributed by atoms with Crippen molar-refractivity contribution < 1.29 is 4.79 Å². The lowest BCUT2D eigenvalue weighted by atomic mass is 9.87. The summed E-state index contributed by atoms with van der Waals surface area (Å²) in [5, 5.41) is 3.24. The summed E-state index contributed by atoms with van der Waals surface area (Å²) < 4.78 is 0. The van der Waals surface area contributed by atoms with Gasteiger partial charge in [-0.1, -0.05) is 32.1 Å². The average Bonchev–Trinajstić information content (AvgIpc) is 2.79. The van der Waals surface area contributed by atoms with E-state index in [1.54, 1.807) is 0 Å². The molecule has 1 amide bonds. The molecule has 1 unspecified atom stereocenters. The normalized spacial score (nSPS) is 21.9. The number of nitrogens with one attached hydrogen (secondary N) is 1. The summed E-state index contributed by atoms with van der Waals surface area (Å²) in [5.41, 5.74) is 6.62. The van der Waals surface area contributed by atoms with E-state index in [0.717, 1.165) is 31.3 Å². The Bertz CT molecular complexity index is 301. The van der Waals surface area contributed by atoms with Crippen LogP contribution in [0.2, 0.25) is 0 Å². The highest BCUT2D eigenvalue weighted by atomic mass is 16.1. The third kappa shape index (κ3) is 4.25. The lowest BCUT2D eigenvalue weighted by molar-refractivity contribution is -0.122. The maximum absolute atomic E-state index is 11.5. The Morgan fingerprint density at radius 3 is 2.82 bits per heavy atom. The number of hydrogen-bond acceptors (Lipinski definition) is 2. The molecule has 0 fully saturated rings. The van der Waals surface area contributed by atoms with Crippen molar-refractivity contribution in [1.82, 2.24) is 5.32 Å². The van der Waals surface area contributed by atoms with Gasteiger partial charge in [0, 0.05) is 12.0 Å². The maximum atomic E-state index is 11.5. The van der Waals surface area contributed by atoms with Gasteiger partial charge >= 0.3 is 0 Å². The van der Waals surface area contributed by atoms with Gasteiger partial charge < -0.3 is 11.1 Å². The maximum Gasteiger partial charge on any atom is 0.220 e. The van der Waals surface area contributed by atoms with Gasteiger partial charge in [0.2, 0.25) is 5.91 Å². The van der Waals surface area contributed by atoms with Gasteiger partial charge in [0.1, 0.15) is 0 Å². The van der Waals surface area contributed by atoms with Crippen molar-refractivity contribution in [3.05, 3.63) is 24.4 Å². The van der Waals surface area contributed by atoms with Crippen molar-refractivity contribution in [3.8, 4) is 0 Å². The second-order valence-electron chi connectivity index (χ2n) is 5.01. The van der Waals surface area contributed by atoms with Crippen LogP contribution in [0.1, 0.15) is 39.5 Å². The molecule has 0 aromatic heterocycles. The number of carbonyl (C=O) groups excluding carboxylic acids is 1. The number of carbonyl (C=O) groups is 1. The van der Waals surface area contributed by atoms with Crippen LogP contribution in [-0.2, 0) is 4.79 Å². The largest absolute Gasteiger partial charge is 0.388 e. The van der Waals surface area contributed by atoms with Gasteiger partial charge in [0.15, 0.2) is 0 Å². The monoisotopic (exact) mass is 236 g/mol. The molecule has 0 bridgehead atoms. The number of rotatable bonds is 7. The van der Waals surface area contributed by atoms with Crippen molar-refractivity contribution in [2.24, 2.45) is 17.6 Å². The Hall–Kier alpha value is -1.25. The van der Waals surface area contributed by atoms with Crippen LogP contribution in [0.5, 0.6) is 0 Å². The van der Waals surface area contributed by atoms with Gasteiger partial charge in [-0.15, -0.1) is 0 Å². The van der Waals surface area contributed by atoms with Gasteiger partial charge in [-0.05, 0) is 37.8 Å². The molecule has 0 aromatic rings. The Labute approximate surface area is 104 Å². The quantitative estimate of drug-likeness (QED) is 0.667. The van der Waals surface area contributed by atoms with E-state index in [9.17, 15) is 4.79 Å². The minimum Gasteiger partial charge on any atom is -0.388 e. The van der Waals surface area contributed by atoms with E-state index in [1.807, 2.05) is 6.20 Å². The minimum absolute atomic E-state index is 0.0890. The molecule has 0 saturated carbocycles. The van der Waals surface area contributed by atoms with E-state index in [4.69, 9.17) is 5.73 Å². The molecule has 3 heteroatoms. The Morgan fingerprint density at radius 1 is 1.65 bits per heavy atom. The predicted octanol–water partition coefficient (Wildman–Crippen LogP) is 2.35. The summed E-state index contributed by atoms with van der Waals surface area (Å²) in [6.45, 7) is 8.36. The first-order chi connectivity index (χ1) is 8.04. The number of hydrogen-bond donors (Lipinski definition) is 2. The van der Waals surface area contributed by atoms with Gasteiger partial charge in [0.05, 0.1) is 0 Å². The average molecular weight is 236 g/mol. The topological polar surface area (TPSA) is 55.1 Å². The van der Waals surface area contributed by atoms with E-state index in [1.165, 1.54) is 0 Å². The van der Waals surface area contributed by atoms with Crippen LogP contribution >= 0.6 is 0 Å². The van der Waals surface area contributed by atoms with Crippen LogP contribution in [0.3, 0.4) is 0 Å². The second kappa shape index (κ2) is 6.48. The van der Waals surface area contributed by atoms with Crippen molar-refractivity contribution >= 4 is 5.91 Å². The zero-order valence-corrected chi connectivity index (χ0v) is 10.9. The molecule has 0 spiro atoms. The van der Waals surface area contributed by atoms with E-state index >= 15 is 0 Å². The first kappa shape index (κ1) is 13.8. The summed E-state index contributed by atoms with van der Waals surface area (Å²) in [5.74, 6) is 0.170. The summed E-state index contributed by atoms with van der Waals surface area (Å²) in [6, 6.07) is 0.359.